The highest BCUT2D eigenvalue weighted by Crippen LogP contribution is 2.31. The third-order valence-electron chi connectivity index (χ3n) is 2.38. The Labute approximate surface area is 108 Å². The van der Waals surface area contributed by atoms with E-state index in [1.54, 1.807) is 0 Å². The molecular formula is C13H15F4NO. The first-order valence-electron chi connectivity index (χ1n) is 5.66. The average molecular weight is 277 g/mol. The molecule has 6 heteroatoms. The van der Waals surface area contributed by atoms with Gasteiger partial charge in [-0.25, -0.2) is 4.39 Å². The molecule has 0 aromatic heterocycles. The van der Waals surface area contributed by atoms with Gasteiger partial charge in [-0.1, -0.05) is 6.07 Å². The Morgan fingerprint density at radius 3 is 2.21 bits per heavy atom. The van der Waals surface area contributed by atoms with Crippen molar-refractivity contribution in [2.75, 3.05) is 6.54 Å². The molecule has 0 heterocycles. The van der Waals surface area contributed by atoms with Crippen molar-refractivity contribution in [3.8, 4) is 0 Å². The van der Waals surface area contributed by atoms with Crippen molar-refractivity contribution >= 4 is 5.78 Å². The standard InChI is InChI=1S/C13H15F4NO/c1-12(2,3)18-7-11(19)8-4-5-9(10(14)6-8)13(15,16)17/h4-6,18H,7H2,1-3H3. The highest BCUT2D eigenvalue weighted by molar-refractivity contribution is 5.97. The molecule has 1 rings (SSSR count). The van der Waals surface area contributed by atoms with E-state index in [9.17, 15) is 22.4 Å². The number of hydrogen-bond acceptors (Lipinski definition) is 2. The van der Waals surface area contributed by atoms with E-state index < -0.39 is 23.3 Å². The zero-order valence-electron chi connectivity index (χ0n) is 10.9. The molecular weight excluding hydrogens is 262 g/mol. The molecule has 0 spiro atoms. The predicted octanol–water partition coefficient (Wildman–Crippen LogP) is 3.42. The summed E-state index contributed by atoms with van der Waals surface area (Å²) in [5.74, 6) is -1.89. The third kappa shape index (κ3) is 4.63. The highest BCUT2D eigenvalue weighted by Gasteiger charge is 2.34. The van der Waals surface area contributed by atoms with Gasteiger partial charge in [-0.2, -0.15) is 13.2 Å². The number of carbonyl (C=O) groups excluding carboxylic acids is 1. The number of Topliss-reactive ketones (excluding diaryl/α,β-unsaturated/α-hetero) is 1. The van der Waals surface area contributed by atoms with Crippen LogP contribution in [0.1, 0.15) is 36.7 Å². The van der Waals surface area contributed by atoms with E-state index in [-0.39, 0.29) is 17.6 Å². The van der Waals surface area contributed by atoms with Crippen molar-refractivity contribution in [3.63, 3.8) is 0 Å². The minimum Gasteiger partial charge on any atom is -0.305 e. The van der Waals surface area contributed by atoms with Gasteiger partial charge in [0.2, 0.25) is 0 Å². The molecule has 0 aliphatic carbocycles. The summed E-state index contributed by atoms with van der Waals surface area (Å²) in [4.78, 5) is 11.7. The lowest BCUT2D eigenvalue weighted by Gasteiger charge is -2.19. The van der Waals surface area contributed by atoms with Gasteiger partial charge >= 0.3 is 6.18 Å². The van der Waals surface area contributed by atoms with Crippen molar-refractivity contribution < 1.29 is 22.4 Å². The normalized spacial score (nSPS) is 12.6. The second-order valence-electron chi connectivity index (χ2n) is 5.22. The van der Waals surface area contributed by atoms with E-state index >= 15 is 0 Å². The molecule has 0 atom stereocenters. The average Bonchev–Trinajstić information content (AvgIpc) is 2.22. The molecule has 0 saturated carbocycles. The molecule has 106 valence electrons. The molecule has 0 aliphatic heterocycles. The second-order valence-corrected chi connectivity index (χ2v) is 5.22. The fourth-order valence-electron chi connectivity index (χ4n) is 1.37. The molecule has 1 aromatic carbocycles. The maximum absolute atomic E-state index is 13.3. The van der Waals surface area contributed by atoms with Crippen molar-refractivity contribution in [2.45, 2.75) is 32.5 Å². The summed E-state index contributed by atoms with van der Waals surface area (Å²) in [6, 6.07) is 2.19. The van der Waals surface area contributed by atoms with Gasteiger partial charge in [0.25, 0.3) is 0 Å². The number of hydrogen-bond donors (Lipinski definition) is 1. The van der Waals surface area contributed by atoms with Gasteiger partial charge in [0.05, 0.1) is 12.1 Å². The van der Waals surface area contributed by atoms with E-state index in [0.717, 1.165) is 6.07 Å². The molecule has 0 bridgehead atoms. The molecule has 0 saturated heterocycles. The summed E-state index contributed by atoms with van der Waals surface area (Å²) >= 11 is 0. The monoisotopic (exact) mass is 277 g/mol. The Balaban J connectivity index is 2.87. The number of ketones is 1. The fourth-order valence-corrected chi connectivity index (χ4v) is 1.37. The topological polar surface area (TPSA) is 29.1 Å². The van der Waals surface area contributed by atoms with Crippen LogP contribution in [0.2, 0.25) is 0 Å². The molecule has 1 N–H and O–H groups in total. The largest absolute Gasteiger partial charge is 0.419 e. The third-order valence-corrected chi connectivity index (χ3v) is 2.38. The van der Waals surface area contributed by atoms with Crippen LogP contribution in [-0.4, -0.2) is 17.9 Å². The molecule has 19 heavy (non-hydrogen) atoms. The van der Waals surface area contributed by atoms with Crippen LogP contribution in [0.25, 0.3) is 0 Å². The van der Waals surface area contributed by atoms with Crippen molar-refractivity contribution in [1.29, 1.82) is 0 Å². The molecule has 0 amide bonds. The number of rotatable bonds is 3. The number of alkyl halides is 3. The van der Waals surface area contributed by atoms with Gasteiger partial charge in [-0.05, 0) is 32.9 Å². The van der Waals surface area contributed by atoms with E-state index in [1.807, 2.05) is 20.8 Å². The minimum absolute atomic E-state index is 0.0612. The fraction of sp³-hybridized carbons (Fsp3) is 0.462. The van der Waals surface area contributed by atoms with Crippen LogP contribution < -0.4 is 5.32 Å². The van der Waals surface area contributed by atoms with Crippen LogP contribution in [0.5, 0.6) is 0 Å². The first-order valence-corrected chi connectivity index (χ1v) is 5.66. The van der Waals surface area contributed by atoms with E-state index in [1.165, 1.54) is 0 Å². The maximum atomic E-state index is 13.3. The summed E-state index contributed by atoms with van der Waals surface area (Å²) in [5.41, 5.74) is -1.75. The summed E-state index contributed by atoms with van der Waals surface area (Å²) in [5, 5.41) is 2.89. The summed E-state index contributed by atoms with van der Waals surface area (Å²) in [7, 11) is 0. The first kappa shape index (κ1) is 15.6. The molecule has 0 fully saturated rings. The van der Waals surface area contributed by atoms with Crippen LogP contribution in [0.15, 0.2) is 18.2 Å². The van der Waals surface area contributed by atoms with E-state index in [0.29, 0.717) is 12.1 Å². The smallest absolute Gasteiger partial charge is 0.305 e. The van der Waals surface area contributed by atoms with Crippen molar-refractivity contribution in [1.82, 2.24) is 5.32 Å². The van der Waals surface area contributed by atoms with Crippen LogP contribution in [0, 0.1) is 5.82 Å². The van der Waals surface area contributed by atoms with Crippen molar-refractivity contribution in [2.24, 2.45) is 0 Å². The Morgan fingerprint density at radius 1 is 1.21 bits per heavy atom. The Morgan fingerprint density at radius 2 is 1.79 bits per heavy atom. The number of carbonyl (C=O) groups is 1. The zero-order valence-corrected chi connectivity index (χ0v) is 10.9. The second kappa shape index (κ2) is 5.28. The Hall–Kier alpha value is -1.43. The molecule has 0 radical (unpaired) electrons. The lowest BCUT2D eigenvalue weighted by Crippen LogP contribution is -2.39. The SMILES string of the molecule is CC(C)(C)NCC(=O)c1ccc(C(F)(F)F)c(F)c1. The quantitative estimate of drug-likeness (QED) is 0.677. The predicted molar refractivity (Wildman–Crippen MR) is 63.5 cm³/mol. The number of benzene rings is 1. The van der Waals surface area contributed by atoms with E-state index in [4.69, 9.17) is 0 Å². The van der Waals surface area contributed by atoms with Crippen LogP contribution >= 0.6 is 0 Å². The lowest BCUT2D eigenvalue weighted by atomic mass is 10.1. The molecule has 2 nitrogen and oxygen atoms in total. The zero-order chi connectivity index (χ0) is 14.8. The van der Waals surface area contributed by atoms with Gasteiger partial charge in [0.15, 0.2) is 5.78 Å². The number of halogens is 4. The van der Waals surface area contributed by atoms with E-state index in [2.05, 4.69) is 5.32 Å². The van der Waals surface area contributed by atoms with Crippen LogP contribution in [-0.2, 0) is 6.18 Å². The van der Waals surface area contributed by atoms with Crippen molar-refractivity contribution in [3.05, 3.63) is 35.1 Å². The summed E-state index contributed by atoms with van der Waals surface area (Å²) in [6.07, 6.45) is -4.75. The number of nitrogens with one attached hydrogen (secondary N) is 1. The summed E-state index contributed by atoms with van der Waals surface area (Å²) in [6.45, 7) is 5.46. The van der Waals surface area contributed by atoms with Gasteiger partial charge in [0, 0.05) is 11.1 Å². The molecule has 0 aliphatic rings. The van der Waals surface area contributed by atoms with Crippen LogP contribution in [0.3, 0.4) is 0 Å². The molecule has 0 unspecified atom stereocenters. The summed E-state index contributed by atoms with van der Waals surface area (Å²) < 4.78 is 50.3. The Bertz CT molecular complexity index is 475. The highest BCUT2D eigenvalue weighted by atomic mass is 19.4. The van der Waals surface area contributed by atoms with Gasteiger partial charge in [-0.3, -0.25) is 4.79 Å². The minimum atomic E-state index is -4.75. The van der Waals surface area contributed by atoms with Gasteiger partial charge in [-0.15, -0.1) is 0 Å². The van der Waals surface area contributed by atoms with Gasteiger partial charge in [0.1, 0.15) is 5.82 Å². The first-order chi connectivity index (χ1) is 8.50. The maximum Gasteiger partial charge on any atom is 0.419 e. The van der Waals surface area contributed by atoms with Crippen LogP contribution in [0.4, 0.5) is 17.6 Å². The Kier molecular flexibility index (Phi) is 4.35. The molecule has 1 aromatic rings. The lowest BCUT2D eigenvalue weighted by molar-refractivity contribution is -0.140. The van der Waals surface area contributed by atoms with Gasteiger partial charge < -0.3 is 5.32 Å².